The molecule has 1 unspecified atom stereocenters. The summed E-state index contributed by atoms with van der Waals surface area (Å²) in [7, 11) is 0. The predicted octanol–water partition coefficient (Wildman–Crippen LogP) is 3.58. The molecule has 1 saturated carbocycles. The highest BCUT2D eigenvalue weighted by molar-refractivity contribution is 5.94. The number of rotatable bonds is 6. The van der Waals surface area contributed by atoms with E-state index in [1.54, 1.807) is 24.3 Å². The number of amides is 1. The van der Waals surface area contributed by atoms with Crippen LogP contribution in [0.1, 0.15) is 46.8 Å². The van der Waals surface area contributed by atoms with Crippen LogP contribution >= 0.6 is 0 Å². The smallest absolute Gasteiger partial charge is 0.307 e. The molecule has 0 spiro atoms. The minimum Gasteiger partial charge on any atom is -0.481 e. The zero-order valence-corrected chi connectivity index (χ0v) is 13.4. The number of carboxylic acids is 1. The zero-order chi connectivity index (χ0) is 16.9. The Bertz CT molecular complexity index is 705. The monoisotopic (exact) mass is 323 g/mol. The Labute approximate surface area is 141 Å². The molecule has 0 bridgehead atoms. The quantitative estimate of drug-likeness (QED) is 0.854. The Morgan fingerprint density at radius 3 is 2.25 bits per heavy atom. The molecule has 2 N–H and O–H groups in total. The second-order valence-corrected chi connectivity index (χ2v) is 6.32. The molecule has 24 heavy (non-hydrogen) atoms. The van der Waals surface area contributed by atoms with Crippen molar-refractivity contribution < 1.29 is 14.7 Å². The van der Waals surface area contributed by atoms with E-state index in [1.807, 2.05) is 18.2 Å². The maximum atomic E-state index is 12.6. The van der Waals surface area contributed by atoms with Gasteiger partial charge in [-0.05, 0) is 42.0 Å². The summed E-state index contributed by atoms with van der Waals surface area (Å²) in [4.78, 5) is 23.3. The van der Waals surface area contributed by atoms with Crippen LogP contribution in [0, 0.1) is 5.92 Å². The number of carboxylic acid groups (broad SMARTS) is 1. The van der Waals surface area contributed by atoms with Crippen molar-refractivity contribution in [3.05, 3.63) is 71.3 Å². The number of carbonyl (C=O) groups is 2. The van der Waals surface area contributed by atoms with Gasteiger partial charge in [0.1, 0.15) is 0 Å². The summed E-state index contributed by atoms with van der Waals surface area (Å²) in [6.45, 7) is 0. The van der Waals surface area contributed by atoms with Gasteiger partial charge >= 0.3 is 5.97 Å². The summed E-state index contributed by atoms with van der Waals surface area (Å²) in [5, 5.41) is 12.0. The molecule has 3 rings (SSSR count). The SMILES string of the molecule is O=C(O)Cc1ccc(C(=O)NC(c2ccccc2)C2CCC2)cc1. The molecule has 2 aromatic rings. The molecule has 4 nitrogen and oxygen atoms in total. The standard InChI is InChI=1S/C20H21NO3/c22-18(23)13-14-9-11-17(12-10-14)20(24)21-19(16-7-4-8-16)15-5-2-1-3-6-15/h1-3,5-6,9-12,16,19H,4,7-8,13H2,(H,21,24)(H,22,23). The molecule has 2 aromatic carbocycles. The van der Waals surface area contributed by atoms with Crippen molar-refractivity contribution in [1.29, 1.82) is 0 Å². The highest BCUT2D eigenvalue weighted by Gasteiger charge is 2.29. The van der Waals surface area contributed by atoms with Gasteiger partial charge in [0.15, 0.2) is 0 Å². The molecule has 1 aliphatic rings. The highest BCUT2D eigenvalue weighted by atomic mass is 16.4. The van der Waals surface area contributed by atoms with Crippen LogP contribution in [0.25, 0.3) is 0 Å². The van der Waals surface area contributed by atoms with E-state index >= 15 is 0 Å². The second kappa shape index (κ2) is 7.30. The minimum atomic E-state index is -0.874. The predicted molar refractivity (Wildman–Crippen MR) is 91.8 cm³/mol. The first-order valence-corrected chi connectivity index (χ1v) is 8.30. The zero-order valence-electron chi connectivity index (χ0n) is 13.4. The van der Waals surface area contributed by atoms with Crippen LogP contribution in [0.4, 0.5) is 0 Å². The molecule has 1 aliphatic carbocycles. The molecule has 1 amide bonds. The summed E-state index contributed by atoms with van der Waals surface area (Å²) in [5.41, 5.74) is 2.39. The first-order valence-electron chi connectivity index (χ1n) is 8.30. The van der Waals surface area contributed by atoms with Crippen molar-refractivity contribution in [3.8, 4) is 0 Å². The number of carbonyl (C=O) groups excluding carboxylic acids is 1. The van der Waals surface area contributed by atoms with Gasteiger partial charge in [-0.3, -0.25) is 9.59 Å². The Balaban J connectivity index is 1.72. The van der Waals surface area contributed by atoms with Gasteiger partial charge in [0.2, 0.25) is 0 Å². The number of benzene rings is 2. The van der Waals surface area contributed by atoms with Gasteiger partial charge in [0.05, 0.1) is 12.5 Å². The van der Waals surface area contributed by atoms with Crippen LogP contribution < -0.4 is 5.32 Å². The van der Waals surface area contributed by atoms with Gasteiger partial charge < -0.3 is 10.4 Å². The number of aliphatic carboxylic acids is 1. The molecule has 0 aromatic heterocycles. The fourth-order valence-corrected chi connectivity index (χ4v) is 3.08. The normalized spacial score (nSPS) is 15.3. The Hall–Kier alpha value is -2.62. The summed E-state index contributed by atoms with van der Waals surface area (Å²) in [5.74, 6) is -0.499. The van der Waals surface area contributed by atoms with E-state index in [2.05, 4.69) is 17.4 Å². The van der Waals surface area contributed by atoms with Gasteiger partial charge in [0.25, 0.3) is 5.91 Å². The summed E-state index contributed by atoms with van der Waals surface area (Å²) >= 11 is 0. The molecule has 1 fully saturated rings. The summed E-state index contributed by atoms with van der Waals surface area (Å²) < 4.78 is 0. The van der Waals surface area contributed by atoms with Crippen LogP contribution in [0.5, 0.6) is 0 Å². The molecular weight excluding hydrogens is 302 g/mol. The second-order valence-electron chi connectivity index (χ2n) is 6.32. The molecule has 0 radical (unpaired) electrons. The highest BCUT2D eigenvalue weighted by Crippen LogP contribution is 2.37. The van der Waals surface area contributed by atoms with E-state index in [4.69, 9.17) is 5.11 Å². The molecule has 0 aliphatic heterocycles. The van der Waals surface area contributed by atoms with Crippen LogP contribution in [0.15, 0.2) is 54.6 Å². The van der Waals surface area contributed by atoms with E-state index in [9.17, 15) is 9.59 Å². The fourth-order valence-electron chi connectivity index (χ4n) is 3.08. The van der Waals surface area contributed by atoms with Crippen LogP contribution in [0.2, 0.25) is 0 Å². The third-order valence-electron chi connectivity index (χ3n) is 4.64. The van der Waals surface area contributed by atoms with Crippen molar-refractivity contribution in [2.45, 2.75) is 31.7 Å². The summed E-state index contributed by atoms with van der Waals surface area (Å²) in [6, 6.07) is 16.9. The van der Waals surface area contributed by atoms with Crippen LogP contribution in [-0.4, -0.2) is 17.0 Å². The van der Waals surface area contributed by atoms with E-state index in [1.165, 1.54) is 6.42 Å². The third-order valence-corrected chi connectivity index (χ3v) is 4.64. The Morgan fingerprint density at radius 2 is 1.71 bits per heavy atom. The van der Waals surface area contributed by atoms with Gasteiger partial charge in [-0.15, -0.1) is 0 Å². The van der Waals surface area contributed by atoms with Crippen molar-refractivity contribution >= 4 is 11.9 Å². The molecule has 0 saturated heterocycles. The Morgan fingerprint density at radius 1 is 1.04 bits per heavy atom. The largest absolute Gasteiger partial charge is 0.481 e. The average Bonchev–Trinajstić information content (AvgIpc) is 2.53. The van der Waals surface area contributed by atoms with E-state index in [0.717, 1.165) is 18.4 Å². The van der Waals surface area contributed by atoms with Crippen LogP contribution in [0.3, 0.4) is 0 Å². The van der Waals surface area contributed by atoms with Gasteiger partial charge in [0, 0.05) is 5.56 Å². The van der Waals surface area contributed by atoms with E-state index in [-0.39, 0.29) is 18.4 Å². The molecular formula is C20H21NO3. The lowest BCUT2D eigenvalue weighted by Crippen LogP contribution is -2.36. The van der Waals surface area contributed by atoms with Gasteiger partial charge in [-0.2, -0.15) is 0 Å². The van der Waals surface area contributed by atoms with Gasteiger partial charge in [-0.1, -0.05) is 48.9 Å². The maximum Gasteiger partial charge on any atom is 0.307 e. The first-order chi connectivity index (χ1) is 11.6. The van der Waals surface area contributed by atoms with Crippen molar-refractivity contribution in [3.63, 3.8) is 0 Å². The van der Waals surface area contributed by atoms with Gasteiger partial charge in [-0.25, -0.2) is 0 Å². The molecule has 0 heterocycles. The lowest BCUT2D eigenvalue weighted by Gasteiger charge is -2.34. The van der Waals surface area contributed by atoms with Crippen molar-refractivity contribution in [2.75, 3.05) is 0 Å². The molecule has 4 heteroatoms. The lowest BCUT2D eigenvalue weighted by molar-refractivity contribution is -0.136. The first kappa shape index (κ1) is 16.2. The minimum absolute atomic E-state index is 0.0311. The fraction of sp³-hybridized carbons (Fsp3) is 0.300. The number of hydrogen-bond donors (Lipinski definition) is 2. The molecule has 1 atom stereocenters. The van der Waals surface area contributed by atoms with E-state index < -0.39 is 5.97 Å². The van der Waals surface area contributed by atoms with Crippen molar-refractivity contribution in [1.82, 2.24) is 5.32 Å². The topological polar surface area (TPSA) is 66.4 Å². The van der Waals surface area contributed by atoms with Crippen molar-refractivity contribution in [2.24, 2.45) is 5.92 Å². The maximum absolute atomic E-state index is 12.6. The third kappa shape index (κ3) is 3.82. The Kier molecular flexibility index (Phi) is 4.94. The number of nitrogens with one attached hydrogen (secondary N) is 1. The molecule has 124 valence electrons. The average molecular weight is 323 g/mol. The number of hydrogen-bond acceptors (Lipinski definition) is 2. The lowest BCUT2D eigenvalue weighted by atomic mass is 9.77. The van der Waals surface area contributed by atoms with E-state index in [0.29, 0.717) is 17.0 Å². The van der Waals surface area contributed by atoms with Crippen LogP contribution in [-0.2, 0) is 11.2 Å². The summed E-state index contributed by atoms with van der Waals surface area (Å²) in [6.07, 6.45) is 3.46.